The summed E-state index contributed by atoms with van der Waals surface area (Å²) in [6.45, 7) is 10.1. The van der Waals surface area contributed by atoms with Crippen molar-refractivity contribution in [1.82, 2.24) is 24.2 Å². The van der Waals surface area contributed by atoms with Gasteiger partial charge in [0.05, 0.1) is 19.4 Å². The zero-order valence-corrected chi connectivity index (χ0v) is 21.6. The average molecular weight is 494 g/mol. The Hall–Kier alpha value is -3.46. The van der Waals surface area contributed by atoms with Crippen LogP contribution in [0, 0.1) is 13.8 Å². The molecule has 4 heterocycles. The Bertz CT molecular complexity index is 1270. The van der Waals surface area contributed by atoms with Crippen molar-refractivity contribution in [3.63, 3.8) is 0 Å². The molecule has 0 unspecified atom stereocenters. The Morgan fingerprint density at radius 2 is 2.03 bits per heavy atom. The fourth-order valence-electron chi connectivity index (χ4n) is 4.89. The highest BCUT2D eigenvalue weighted by Gasteiger charge is 2.26. The van der Waals surface area contributed by atoms with Gasteiger partial charge in [-0.05, 0) is 45.2 Å². The molecule has 0 saturated heterocycles. The standard InChI is InChI=1S/C27H35N5O4/c1-5-32-20(3)22(19(2)29-32)18-30-12-10-23-26(27(34)35-4)24(16-25(33)31(23)14-13-30)36-15-7-9-21-8-6-11-28-17-21/h6,8,11,16-17H,5,7,9-10,12-15,18H2,1-4H3. The number of hydrogen-bond donors (Lipinski definition) is 0. The van der Waals surface area contributed by atoms with E-state index in [1.165, 1.54) is 24.4 Å². The SMILES string of the molecule is CCn1nc(C)c(CN2CCc3c(C(=O)OC)c(OCCCc4cccnc4)cc(=O)n3CC2)c1C. The summed E-state index contributed by atoms with van der Waals surface area (Å²) in [7, 11) is 1.36. The predicted molar refractivity (Wildman–Crippen MR) is 136 cm³/mol. The Morgan fingerprint density at radius 1 is 1.19 bits per heavy atom. The molecule has 9 heteroatoms. The van der Waals surface area contributed by atoms with Crippen LogP contribution in [-0.2, 0) is 37.2 Å². The summed E-state index contributed by atoms with van der Waals surface area (Å²) in [5.74, 6) is -0.181. The minimum Gasteiger partial charge on any atom is -0.492 e. The monoisotopic (exact) mass is 493 g/mol. The van der Waals surface area contributed by atoms with E-state index in [1.807, 2.05) is 29.9 Å². The predicted octanol–water partition coefficient (Wildman–Crippen LogP) is 2.93. The minimum atomic E-state index is -0.481. The molecule has 0 aliphatic carbocycles. The molecule has 0 N–H and O–H groups in total. The van der Waals surface area contributed by atoms with Gasteiger partial charge in [0.2, 0.25) is 0 Å². The van der Waals surface area contributed by atoms with Gasteiger partial charge in [-0.3, -0.25) is 19.4 Å². The summed E-state index contributed by atoms with van der Waals surface area (Å²) in [5, 5.41) is 4.64. The van der Waals surface area contributed by atoms with E-state index in [1.54, 1.807) is 10.8 Å². The van der Waals surface area contributed by atoms with Crippen molar-refractivity contribution in [2.45, 2.75) is 59.7 Å². The van der Waals surface area contributed by atoms with E-state index >= 15 is 0 Å². The Labute approximate surface area is 211 Å². The summed E-state index contributed by atoms with van der Waals surface area (Å²) in [6.07, 6.45) is 5.66. The molecule has 0 bridgehead atoms. The Morgan fingerprint density at radius 3 is 2.72 bits per heavy atom. The number of carbonyl (C=O) groups excluding carboxylic acids is 1. The van der Waals surface area contributed by atoms with E-state index < -0.39 is 5.97 Å². The molecule has 36 heavy (non-hydrogen) atoms. The number of hydrogen-bond acceptors (Lipinski definition) is 7. The normalized spacial score (nSPS) is 13.8. The molecule has 192 valence electrons. The maximum atomic E-state index is 13.1. The number of ether oxygens (including phenoxy) is 2. The number of methoxy groups -OCH3 is 1. The maximum absolute atomic E-state index is 13.1. The minimum absolute atomic E-state index is 0.159. The molecule has 9 nitrogen and oxygen atoms in total. The van der Waals surface area contributed by atoms with Gasteiger partial charge in [-0.1, -0.05) is 6.07 Å². The Kier molecular flexibility index (Phi) is 8.20. The van der Waals surface area contributed by atoms with E-state index in [2.05, 4.69) is 28.8 Å². The molecule has 0 amide bonds. The Balaban J connectivity index is 1.52. The molecule has 1 aliphatic rings. The number of fused-ring (bicyclic) bond motifs is 1. The molecule has 0 aromatic carbocycles. The first-order valence-electron chi connectivity index (χ1n) is 12.5. The molecular formula is C27H35N5O4. The van der Waals surface area contributed by atoms with Crippen molar-refractivity contribution in [2.75, 3.05) is 26.8 Å². The first kappa shape index (κ1) is 25.6. The van der Waals surface area contributed by atoms with Gasteiger partial charge >= 0.3 is 5.97 Å². The highest BCUT2D eigenvalue weighted by atomic mass is 16.5. The van der Waals surface area contributed by atoms with Crippen LogP contribution in [0.2, 0.25) is 0 Å². The van der Waals surface area contributed by atoms with Crippen LogP contribution in [0.5, 0.6) is 5.75 Å². The van der Waals surface area contributed by atoms with Crippen molar-refractivity contribution in [3.05, 3.63) is 74.7 Å². The van der Waals surface area contributed by atoms with Crippen LogP contribution in [0.15, 0.2) is 35.4 Å². The van der Waals surface area contributed by atoms with Crippen LogP contribution in [-0.4, -0.2) is 57.0 Å². The second kappa shape index (κ2) is 11.5. The van der Waals surface area contributed by atoms with Crippen LogP contribution in [0.3, 0.4) is 0 Å². The van der Waals surface area contributed by atoms with E-state index in [4.69, 9.17) is 9.47 Å². The number of nitrogens with zero attached hydrogens (tertiary/aromatic N) is 5. The van der Waals surface area contributed by atoms with Gasteiger partial charge in [-0.2, -0.15) is 5.10 Å². The fourth-order valence-corrected chi connectivity index (χ4v) is 4.89. The molecule has 0 radical (unpaired) electrons. The summed E-state index contributed by atoms with van der Waals surface area (Å²) in [4.78, 5) is 32.3. The smallest absolute Gasteiger partial charge is 0.343 e. The third-order valence-corrected chi connectivity index (χ3v) is 6.88. The third-order valence-electron chi connectivity index (χ3n) is 6.88. The summed E-state index contributed by atoms with van der Waals surface area (Å²) < 4.78 is 14.8. The highest BCUT2D eigenvalue weighted by molar-refractivity contribution is 5.93. The summed E-state index contributed by atoms with van der Waals surface area (Å²) >= 11 is 0. The second-order valence-electron chi connectivity index (χ2n) is 9.12. The van der Waals surface area contributed by atoms with Gasteiger partial charge in [0.15, 0.2) is 0 Å². The zero-order chi connectivity index (χ0) is 25.7. The number of esters is 1. The van der Waals surface area contributed by atoms with Crippen LogP contribution in [0.4, 0.5) is 0 Å². The van der Waals surface area contributed by atoms with Gasteiger partial charge in [0.1, 0.15) is 11.3 Å². The largest absolute Gasteiger partial charge is 0.492 e. The number of pyridine rings is 2. The number of aryl methyl sites for hydroxylation is 3. The molecule has 0 fully saturated rings. The molecule has 0 spiro atoms. The lowest BCUT2D eigenvalue weighted by Gasteiger charge is -2.19. The van der Waals surface area contributed by atoms with E-state index in [9.17, 15) is 9.59 Å². The number of rotatable bonds is 9. The zero-order valence-electron chi connectivity index (χ0n) is 21.6. The fraction of sp³-hybridized carbons (Fsp3) is 0.481. The topological polar surface area (TPSA) is 91.5 Å². The first-order valence-corrected chi connectivity index (χ1v) is 12.5. The van der Waals surface area contributed by atoms with Gasteiger partial charge in [-0.15, -0.1) is 0 Å². The molecule has 0 atom stereocenters. The van der Waals surface area contributed by atoms with Crippen molar-refractivity contribution < 1.29 is 14.3 Å². The lowest BCUT2D eigenvalue weighted by molar-refractivity contribution is 0.0593. The van der Waals surface area contributed by atoms with Crippen molar-refractivity contribution in [1.29, 1.82) is 0 Å². The number of aromatic nitrogens is 4. The van der Waals surface area contributed by atoms with Crippen molar-refractivity contribution in [3.8, 4) is 5.75 Å². The van der Waals surface area contributed by atoms with Gasteiger partial charge < -0.3 is 14.0 Å². The highest BCUT2D eigenvalue weighted by Crippen LogP contribution is 2.25. The van der Waals surface area contributed by atoms with E-state index in [-0.39, 0.29) is 5.56 Å². The average Bonchev–Trinajstić information content (AvgIpc) is 3.03. The first-order chi connectivity index (χ1) is 17.4. The third kappa shape index (κ3) is 5.51. The van der Waals surface area contributed by atoms with Gasteiger partial charge in [-0.25, -0.2) is 4.79 Å². The molecular weight excluding hydrogens is 458 g/mol. The van der Waals surface area contributed by atoms with E-state index in [0.29, 0.717) is 49.7 Å². The van der Waals surface area contributed by atoms with Crippen LogP contribution in [0.25, 0.3) is 0 Å². The van der Waals surface area contributed by atoms with Crippen molar-refractivity contribution >= 4 is 5.97 Å². The summed E-state index contributed by atoms with van der Waals surface area (Å²) in [6, 6.07) is 5.35. The summed E-state index contributed by atoms with van der Waals surface area (Å²) in [5.41, 5.74) is 5.42. The lowest BCUT2D eigenvalue weighted by atomic mass is 10.1. The van der Waals surface area contributed by atoms with E-state index in [0.717, 1.165) is 37.2 Å². The molecule has 1 aliphatic heterocycles. The van der Waals surface area contributed by atoms with Gasteiger partial charge in [0, 0.05) is 74.6 Å². The van der Waals surface area contributed by atoms with Crippen LogP contribution >= 0.6 is 0 Å². The van der Waals surface area contributed by atoms with Crippen LogP contribution < -0.4 is 10.3 Å². The lowest BCUT2D eigenvalue weighted by Crippen LogP contribution is -2.29. The van der Waals surface area contributed by atoms with Crippen molar-refractivity contribution in [2.24, 2.45) is 0 Å². The molecule has 3 aromatic heterocycles. The quantitative estimate of drug-likeness (QED) is 0.334. The van der Waals surface area contributed by atoms with Gasteiger partial charge in [0.25, 0.3) is 5.56 Å². The maximum Gasteiger partial charge on any atom is 0.343 e. The van der Waals surface area contributed by atoms with Crippen LogP contribution in [0.1, 0.15) is 51.9 Å². The second-order valence-corrected chi connectivity index (χ2v) is 9.12. The molecule has 3 aromatic rings. The molecule has 0 saturated carbocycles. The number of carbonyl (C=O) groups is 1. The molecule has 4 rings (SSSR count).